The van der Waals surface area contributed by atoms with E-state index in [4.69, 9.17) is 16.0 Å². The number of hydrogen-bond donors (Lipinski definition) is 1. The minimum absolute atomic E-state index is 0.0304. The Kier molecular flexibility index (Phi) is 6.75. The van der Waals surface area contributed by atoms with E-state index in [0.717, 1.165) is 33.4 Å². The van der Waals surface area contributed by atoms with Crippen LogP contribution < -0.4 is 5.32 Å². The van der Waals surface area contributed by atoms with Gasteiger partial charge in [-0.3, -0.25) is 4.79 Å². The second-order valence-electron chi connectivity index (χ2n) is 6.41. The van der Waals surface area contributed by atoms with Gasteiger partial charge in [-0.15, -0.1) is 0 Å². The number of aryl methyl sites for hydroxylation is 2. The average molecular weight is 416 g/mol. The van der Waals surface area contributed by atoms with Crippen LogP contribution in [-0.4, -0.2) is 22.1 Å². The molecule has 0 aliphatic heterocycles. The van der Waals surface area contributed by atoms with Crippen molar-refractivity contribution in [1.29, 1.82) is 0 Å². The Bertz CT molecular complexity index is 947. The van der Waals surface area contributed by atoms with E-state index < -0.39 is 0 Å². The number of hydrogen-bond acceptors (Lipinski definition) is 5. The molecule has 1 aromatic carbocycles. The number of nitrogens with zero attached hydrogens (tertiary/aromatic N) is 2. The highest BCUT2D eigenvalue weighted by Crippen LogP contribution is 2.24. The number of carbonyl (C=O) groups excluding carboxylic acids is 1. The van der Waals surface area contributed by atoms with Crippen LogP contribution in [-0.2, 0) is 17.8 Å². The van der Waals surface area contributed by atoms with Crippen LogP contribution in [0.2, 0.25) is 5.02 Å². The van der Waals surface area contributed by atoms with E-state index in [2.05, 4.69) is 15.3 Å². The summed E-state index contributed by atoms with van der Waals surface area (Å²) in [4.78, 5) is 21.2. The minimum Gasteiger partial charge on any atom is -0.459 e. The van der Waals surface area contributed by atoms with Crippen LogP contribution in [0.4, 0.5) is 0 Å². The van der Waals surface area contributed by atoms with Gasteiger partial charge in [0.1, 0.15) is 11.5 Å². The lowest BCUT2D eigenvalue weighted by Crippen LogP contribution is -2.23. The molecule has 0 fully saturated rings. The summed E-state index contributed by atoms with van der Waals surface area (Å²) in [6.07, 6.45) is 2.95. The lowest BCUT2D eigenvalue weighted by atomic mass is 10.1. The fourth-order valence-electron chi connectivity index (χ4n) is 2.92. The molecule has 0 aliphatic rings. The van der Waals surface area contributed by atoms with Crippen molar-refractivity contribution in [1.82, 2.24) is 15.3 Å². The summed E-state index contributed by atoms with van der Waals surface area (Å²) in [6, 6.07) is 11.2. The minimum atomic E-state index is -0.0304. The Hall–Kier alpha value is -2.31. The SMILES string of the molecule is CSc1nc(C)c(CCC(=O)NCc2ccc(-c3ccc(Cl)cc3)o2)c(C)n1. The molecule has 0 unspecified atom stereocenters. The molecular formula is C21H22ClN3O2S. The maximum Gasteiger partial charge on any atom is 0.220 e. The standard InChI is InChI=1S/C21H22ClN3O2S/c1-13-18(14(2)25-21(24-13)28-3)9-11-20(26)23-12-17-8-10-19(27-17)15-4-6-16(22)7-5-15/h4-8,10H,9,11-12H2,1-3H3,(H,23,26). The summed E-state index contributed by atoms with van der Waals surface area (Å²) in [5, 5.41) is 4.35. The van der Waals surface area contributed by atoms with E-state index in [-0.39, 0.29) is 5.91 Å². The molecule has 1 N–H and O–H groups in total. The van der Waals surface area contributed by atoms with Gasteiger partial charge < -0.3 is 9.73 Å². The number of amides is 1. The van der Waals surface area contributed by atoms with Gasteiger partial charge in [-0.25, -0.2) is 9.97 Å². The Balaban J connectivity index is 1.53. The van der Waals surface area contributed by atoms with E-state index in [0.29, 0.717) is 30.2 Å². The number of carbonyl (C=O) groups is 1. The van der Waals surface area contributed by atoms with E-state index in [1.165, 1.54) is 11.8 Å². The van der Waals surface area contributed by atoms with Crippen LogP contribution in [0.1, 0.15) is 29.1 Å². The number of rotatable bonds is 7. The van der Waals surface area contributed by atoms with Gasteiger partial charge in [-0.05, 0) is 68.5 Å². The van der Waals surface area contributed by atoms with Crippen LogP contribution in [0.3, 0.4) is 0 Å². The molecule has 1 amide bonds. The normalized spacial score (nSPS) is 10.9. The van der Waals surface area contributed by atoms with Gasteiger partial charge in [0.15, 0.2) is 5.16 Å². The van der Waals surface area contributed by atoms with Gasteiger partial charge in [-0.1, -0.05) is 23.4 Å². The first kappa shape index (κ1) is 20.4. The Labute approximate surface area is 173 Å². The van der Waals surface area contributed by atoms with Crippen LogP contribution in [0.15, 0.2) is 46.0 Å². The summed E-state index contributed by atoms with van der Waals surface area (Å²) in [7, 11) is 0. The maximum atomic E-state index is 12.2. The van der Waals surface area contributed by atoms with Crippen molar-refractivity contribution in [2.24, 2.45) is 0 Å². The molecule has 3 aromatic rings. The second-order valence-corrected chi connectivity index (χ2v) is 7.62. The Morgan fingerprint density at radius 3 is 2.43 bits per heavy atom. The highest BCUT2D eigenvalue weighted by Gasteiger charge is 2.11. The third-order valence-corrected chi connectivity index (χ3v) is 5.23. The van der Waals surface area contributed by atoms with E-state index >= 15 is 0 Å². The van der Waals surface area contributed by atoms with Crippen molar-refractivity contribution in [3.8, 4) is 11.3 Å². The van der Waals surface area contributed by atoms with Crippen molar-refractivity contribution in [3.05, 3.63) is 64.1 Å². The third-order valence-electron chi connectivity index (χ3n) is 4.43. The van der Waals surface area contributed by atoms with E-state index in [1.807, 2.05) is 56.5 Å². The summed E-state index contributed by atoms with van der Waals surface area (Å²) >= 11 is 7.43. The summed E-state index contributed by atoms with van der Waals surface area (Å²) < 4.78 is 5.81. The smallest absolute Gasteiger partial charge is 0.220 e. The highest BCUT2D eigenvalue weighted by molar-refractivity contribution is 7.98. The quantitative estimate of drug-likeness (QED) is 0.435. The molecule has 0 atom stereocenters. The lowest BCUT2D eigenvalue weighted by molar-refractivity contribution is -0.121. The van der Waals surface area contributed by atoms with Crippen molar-refractivity contribution >= 4 is 29.3 Å². The monoisotopic (exact) mass is 415 g/mol. The molecule has 0 spiro atoms. The zero-order valence-electron chi connectivity index (χ0n) is 16.1. The molecule has 146 valence electrons. The molecule has 3 rings (SSSR count). The molecule has 0 aliphatic carbocycles. The molecule has 2 aromatic heterocycles. The zero-order chi connectivity index (χ0) is 20.1. The topological polar surface area (TPSA) is 68.0 Å². The molecule has 0 radical (unpaired) electrons. The van der Waals surface area contributed by atoms with Gasteiger partial charge in [0.05, 0.1) is 6.54 Å². The van der Waals surface area contributed by atoms with Gasteiger partial charge in [0, 0.05) is 28.4 Å². The first-order chi connectivity index (χ1) is 13.5. The van der Waals surface area contributed by atoms with Crippen LogP contribution >= 0.6 is 23.4 Å². The second kappa shape index (κ2) is 9.26. The van der Waals surface area contributed by atoms with Crippen molar-refractivity contribution in [2.75, 3.05) is 6.26 Å². The maximum absolute atomic E-state index is 12.2. The molecule has 0 bridgehead atoms. The van der Waals surface area contributed by atoms with Gasteiger partial charge in [-0.2, -0.15) is 0 Å². The zero-order valence-corrected chi connectivity index (χ0v) is 17.7. The van der Waals surface area contributed by atoms with Crippen molar-refractivity contribution in [3.63, 3.8) is 0 Å². The fraction of sp³-hybridized carbons (Fsp3) is 0.286. The summed E-state index contributed by atoms with van der Waals surface area (Å²) in [5.74, 6) is 1.42. The predicted molar refractivity (Wildman–Crippen MR) is 113 cm³/mol. The molecule has 0 saturated heterocycles. The fourth-order valence-corrected chi connectivity index (χ4v) is 3.50. The largest absolute Gasteiger partial charge is 0.459 e. The molecular weight excluding hydrogens is 394 g/mol. The summed E-state index contributed by atoms with van der Waals surface area (Å²) in [6.45, 7) is 4.28. The molecule has 7 heteroatoms. The number of nitrogens with one attached hydrogen (secondary N) is 1. The molecule has 2 heterocycles. The number of benzene rings is 1. The van der Waals surface area contributed by atoms with E-state index in [9.17, 15) is 4.79 Å². The Morgan fingerprint density at radius 1 is 1.11 bits per heavy atom. The number of aromatic nitrogens is 2. The number of thioether (sulfide) groups is 1. The average Bonchev–Trinajstić information content (AvgIpc) is 3.15. The molecule has 5 nitrogen and oxygen atoms in total. The first-order valence-corrected chi connectivity index (χ1v) is 10.6. The van der Waals surface area contributed by atoms with Gasteiger partial charge >= 0.3 is 0 Å². The lowest BCUT2D eigenvalue weighted by Gasteiger charge is -2.10. The van der Waals surface area contributed by atoms with Gasteiger partial charge in [0.25, 0.3) is 0 Å². The Morgan fingerprint density at radius 2 is 1.79 bits per heavy atom. The molecule has 0 saturated carbocycles. The summed E-state index contributed by atoms with van der Waals surface area (Å²) in [5.41, 5.74) is 3.85. The van der Waals surface area contributed by atoms with Gasteiger partial charge in [0.2, 0.25) is 5.91 Å². The first-order valence-electron chi connectivity index (χ1n) is 8.95. The van der Waals surface area contributed by atoms with E-state index in [1.54, 1.807) is 0 Å². The van der Waals surface area contributed by atoms with Crippen LogP contribution in [0, 0.1) is 13.8 Å². The third kappa shape index (κ3) is 5.14. The highest BCUT2D eigenvalue weighted by atomic mass is 35.5. The van der Waals surface area contributed by atoms with Crippen LogP contribution in [0.25, 0.3) is 11.3 Å². The van der Waals surface area contributed by atoms with Crippen molar-refractivity contribution in [2.45, 2.75) is 38.4 Å². The predicted octanol–water partition coefficient (Wildman–Crippen LogP) is 4.98. The van der Waals surface area contributed by atoms with Crippen molar-refractivity contribution < 1.29 is 9.21 Å². The van der Waals surface area contributed by atoms with Crippen LogP contribution in [0.5, 0.6) is 0 Å². The number of furan rings is 1. The molecule has 28 heavy (non-hydrogen) atoms. The number of halogens is 1.